The monoisotopic (exact) mass is 245 g/mol. The minimum absolute atomic E-state index is 0.411. The molecule has 1 unspecified atom stereocenters. The van der Waals surface area contributed by atoms with E-state index in [1.54, 1.807) is 0 Å². The van der Waals surface area contributed by atoms with Crippen LogP contribution in [0.4, 0.5) is 0 Å². The molecule has 1 aromatic rings. The van der Waals surface area contributed by atoms with Gasteiger partial charge in [0.05, 0.1) is 0 Å². The van der Waals surface area contributed by atoms with Crippen molar-refractivity contribution in [3.63, 3.8) is 0 Å². The first-order chi connectivity index (χ1) is 8.77. The average molecular weight is 245 g/mol. The predicted octanol–water partition coefficient (Wildman–Crippen LogP) is 4.31. The average Bonchev–Trinajstić information content (AvgIpc) is 2.90. The van der Waals surface area contributed by atoms with Crippen LogP contribution >= 0.6 is 0 Å². The minimum atomic E-state index is 0.411. The Morgan fingerprint density at radius 3 is 2.44 bits per heavy atom. The molecule has 1 aromatic carbocycles. The van der Waals surface area contributed by atoms with Crippen LogP contribution in [0, 0.1) is 5.41 Å². The van der Waals surface area contributed by atoms with Crippen LogP contribution in [0.5, 0.6) is 0 Å². The highest BCUT2D eigenvalue weighted by Gasteiger charge is 2.37. The molecule has 1 heteroatoms. The first-order valence-corrected chi connectivity index (χ1v) is 7.56. The quantitative estimate of drug-likeness (QED) is 0.794. The highest BCUT2D eigenvalue weighted by atomic mass is 14.7. The summed E-state index contributed by atoms with van der Waals surface area (Å²) < 4.78 is 0. The standard InChI is InChI=1S/C17H27N/c1-2-17(13-6-7-14-17)16(18)12-8-11-15-9-4-3-5-10-15/h3-5,9-10,16H,2,6-8,11-14,18H2,1H3. The number of hydrogen-bond acceptors (Lipinski definition) is 1. The second kappa shape index (κ2) is 6.38. The fourth-order valence-electron chi connectivity index (χ4n) is 3.54. The van der Waals surface area contributed by atoms with E-state index in [0.717, 1.165) is 0 Å². The summed E-state index contributed by atoms with van der Waals surface area (Å²) in [5.74, 6) is 0. The molecule has 1 aliphatic rings. The molecule has 1 saturated carbocycles. The Kier molecular flexibility index (Phi) is 4.82. The molecule has 0 aromatic heterocycles. The normalized spacial score (nSPS) is 19.9. The SMILES string of the molecule is CCC1(C(N)CCCc2ccccc2)CCCC1. The number of nitrogens with two attached hydrogens (primary N) is 1. The fourth-order valence-corrected chi connectivity index (χ4v) is 3.54. The Labute approximate surface area is 112 Å². The molecule has 0 amide bonds. The third kappa shape index (κ3) is 3.14. The van der Waals surface area contributed by atoms with Gasteiger partial charge >= 0.3 is 0 Å². The van der Waals surface area contributed by atoms with Gasteiger partial charge in [0, 0.05) is 6.04 Å². The molecule has 18 heavy (non-hydrogen) atoms. The topological polar surface area (TPSA) is 26.0 Å². The molecule has 1 nitrogen and oxygen atoms in total. The number of rotatable bonds is 6. The van der Waals surface area contributed by atoms with E-state index in [0.29, 0.717) is 11.5 Å². The van der Waals surface area contributed by atoms with E-state index in [9.17, 15) is 0 Å². The highest BCUT2D eigenvalue weighted by Crippen LogP contribution is 2.44. The molecule has 0 radical (unpaired) electrons. The molecule has 0 saturated heterocycles. The van der Waals surface area contributed by atoms with Crippen LogP contribution in [0.2, 0.25) is 0 Å². The molecule has 0 aliphatic heterocycles. The lowest BCUT2D eigenvalue weighted by Crippen LogP contribution is -2.39. The lowest BCUT2D eigenvalue weighted by Gasteiger charge is -2.34. The third-order valence-corrected chi connectivity index (χ3v) is 4.91. The van der Waals surface area contributed by atoms with Crippen LogP contribution in [-0.2, 0) is 6.42 Å². The summed E-state index contributed by atoms with van der Waals surface area (Å²) in [6.07, 6.45) is 10.3. The zero-order chi connectivity index (χ0) is 12.8. The van der Waals surface area contributed by atoms with Gasteiger partial charge in [-0.2, -0.15) is 0 Å². The summed E-state index contributed by atoms with van der Waals surface area (Å²) in [7, 11) is 0. The summed E-state index contributed by atoms with van der Waals surface area (Å²) >= 11 is 0. The number of benzene rings is 1. The van der Waals surface area contributed by atoms with Gasteiger partial charge in [0.1, 0.15) is 0 Å². The largest absolute Gasteiger partial charge is 0.327 e. The van der Waals surface area contributed by atoms with E-state index in [4.69, 9.17) is 5.73 Å². The Hall–Kier alpha value is -0.820. The summed E-state index contributed by atoms with van der Waals surface area (Å²) in [5, 5.41) is 0. The van der Waals surface area contributed by atoms with Crippen LogP contribution in [0.3, 0.4) is 0 Å². The van der Waals surface area contributed by atoms with E-state index >= 15 is 0 Å². The van der Waals surface area contributed by atoms with Gasteiger partial charge in [0.25, 0.3) is 0 Å². The predicted molar refractivity (Wildman–Crippen MR) is 78.5 cm³/mol. The molecule has 2 rings (SSSR count). The van der Waals surface area contributed by atoms with Gasteiger partial charge in [-0.25, -0.2) is 0 Å². The first kappa shape index (κ1) is 13.6. The van der Waals surface area contributed by atoms with Crippen molar-refractivity contribution in [2.24, 2.45) is 11.1 Å². The maximum absolute atomic E-state index is 6.49. The zero-order valence-corrected chi connectivity index (χ0v) is 11.7. The van der Waals surface area contributed by atoms with Crippen molar-refractivity contribution in [1.29, 1.82) is 0 Å². The number of aryl methyl sites for hydroxylation is 1. The van der Waals surface area contributed by atoms with Crippen molar-refractivity contribution in [2.75, 3.05) is 0 Å². The maximum Gasteiger partial charge on any atom is 0.00955 e. The van der Waals surface area contributed by atoms with Crippen molar-refractivity contribution in [2.45, 2.75) is 64.3 Å². The van der Waals surface area contributed by atoms with Crippen LogP contribution in [0.25, 0.3) is 0 Å². The molecule has 1 atom stereocenters. The zero-order valence-electron chi connectivity index (χ0n) is 11.7. The van der Waals surface area contributed by atoms with Crippen LogP contribution in [-0.4, -0.2) is 6.04 Å². The van der Waals surface area contributed by atoms with Crippen molar-refractivity contribution in [3.05, 3.63) is 35.9 Å². The van der Waals surface area contributed by atoms with Crippen molar-refractivity contribution in [1.82, 2.24) is 0 Å². The molecular formula is C17H27N. The molecule has 1 fully saturated rings. The van der Waals surface area contributed by atoms with E-state index in [-0.39, 0.29) is 0 Å². The maximum atomic E-state index is 6.49. The van der Waals surface area contributed by atoms with Crippen LogP contribution < -0.4 is 5.73 Å². The van der Waals surface area contributed by atoms with Gasteiger partial charge in [0.15, 0.2) is 0 Å². The number of hydrogen-bond donors (Lipinski definition) is 1. The van der Waals surface area contributed by atoms with Crippen LogP contribution in [0.15, 0.2) is 30.3 Å². The van der Waals surface area contributed by atoms with Gasteiger partial charge in [0.2, 0.25) is 0 Å². The molecule has 1 aliphatic carbocycles. The molecule has 100 valence electrons. The van der Waals surface area contributed by atoms with E-state index in [1.807, 2.05) is 0 Å². The van der Waals surface area contributed by atoms with E-state index in [1.165, 1.54) is 56.9 Å². The van der Waals surface area contributed by atoms with Crippen molar-refractivity contribution < 1.29 is 0 Å². The fraction of sp³-hybridized carbons (Fsp3) is 0.647. The summed E-state index contributed by atoms with van der Waals surface area (Å²) in [6, 6.07) is 11.2. The van der Waals surface area contributed by atoms with Gasteiger partial charge < -0.3 is 5.73 Å². The van der Waals surface area contributed by atoms with Crippen LogP contribution in [0.1, 0.15) is 57.4 Å². The van der Waals surface area contributed by atoms with Crippen molar-refractivity contribution >= 4 is 0 Å². The lowest BCUT2D eigenvalue weighted by molar-refractivity contribution is 0.208. The lowest BCUT2D eigenvalue weighted by atomic mass is 9.75. The molecule has 2 N–H and O–H groups in total. The molecular weight excluding hydrogens is 218 g/mol. The van der Waals surface area contributed by atoms with E-state index < -0.39 is 0 Å². The summed E-state index contributed by atoms with van der Waals surface area (Å²) in [4.78, 5) is 0. The third-order valence-electron chi connectivity index (χ3n) is 4.91. The Morgan fingerprint density at radius 2 is 1.83 bits per heavy atom. The van der Waals surface area contributed by atoms with Gasteiger partial charge in [-0.3, -0.25) is 0 Å². The highest BCUT2D eigenvalue weighted by molar-refractivity contribution is 5.14. The second-order valence-corrected chi connectivity index (χ2v) is 5.91. The van der Waals surface area contributed by atoms with Gasteiger partial charge in [-0.05, 0) is 49.5 Å². The Balaban J connectivity index is 1.79. The molecule has 0 bridgehead atoms. The Morgan fingerprint density at radius 1 is 1.17 bits per heavy atom. The molecule has 0 spiro atoms. The van der Waals surface area contributed by atoms with Crippen molar-refractivity contribution in [3.8, 4) is 0 Å². The summed E-state index contributed by atoms with van der Waals surface area (Å²) in [6.45, 7) is 2.32. The minimum Gasteiger partial charge on any atom is -0.327 e. The Bertz CT molecular complexity index is 338. The van der Waals surface area contributed by atoms with E-state index in [2.05, 4.69) is 37.3 Å². The second-order valence-electron chi connectivity index (χ2n) is 5.91. The smallest absolute Gasteiger partial charge is 0.00955 e. The molecule has 0 heterocycles. The first-order valence-electron chi connectivity index (χ1n) is 7.56. The summed E-state index contributed by atoms with van der Waals surface area (Å²) in [5.41, 5.74) is 8.40. The van der Waals surface area contributed by atoms with Gasteiger partial charge in [-0.1, -0.05) is 50.1 Å². The van der Waals surface area contributed by atoms with Gasteiger partial charge in [-0.15, -0.1) is 0 Å².